The Balaban J connectivity index is -0.00000342. The zero-order valence-corrected chi connectivity index (χ0v) is 27.6. The summed E-state index contributed by atoms with van der Waals surface area (Å²) in [4.78, 5) is 49.0. The maximum Gasteiger partial charge on any atom is 1.00 e. The van der Waals surface area contributed by atoms with Crippen LogP contribution in [0.3, 0.4) is 0 Å². The Hall–Kier alpha value is -0.430. The van der Waals surface area contributed by atoms with Crippen LogP contribution in [0.5, 0.6) is 11.5 Å². The van der Waals surface area contributed by atoms with Crippen molar-refractivity contribution in [3.63, 3.8) is 0 Å². The van der Waals surface area contributed by atoms with E-state index in [-0.39, 0.29) is 91.0 Å². The predicted molar refractivity (Wildman–Crippen MR) is 135 cm³/mol. The van der Waals surface area contributed by atoms with Crippen molar-refractivity contribution < 1.29 is 111 Å². The van der Waals surface area contributed by atoms with Crippen LogP contribution < -0.4 is 69.7 Å². The van der Waals surface area contributed by atoms with Crippen LogP contribution in [0.2, 0.25) is 0 Å². The van der Waals surface area contributed by atoms with Gasteiger partial charge in [-0.15, -0.1) is 0 Å². The van der Waals surface area contributed by atoms with Gasteiger partial charge in [-0.3, -0.25) is 9.13 Å². The van der Waals surface area contributed by atoms with Gasteiger partial charge in [0.25, 0.3) is 5.08 Å². The molecular weight excluding hydrogens is 560 g/mol. The van der Waals surface area contributed by atoms with Crippen molar-refractivity contribution in [3.05, 3.63) is 53.6 Å². The number of urea groups is 1. The van der Waals surface area contributed by atoms with E-state index in [1.165, 1.54) is 6.07 Å². The summed E-state index contributed by atoms with van der Waals surface area (Å²) in [7, 11) is -11.3. The van der Waals surface area contributed by atoms with Crippen molar-refractivity contribution in [1.82, 2.24) is 5.32 Å². The minimum atomic E-state index is -5.64. The van der Waals surface area contributed by atoms with Gasteiger partial charge in [0.05, 0.1) is 5.69 Å². The summed E-state index contributed by atoms with van der Waals surface area (Å²) in [6.07, 6.45) is 0.401. The van der Waals surface area contributed by atoms with E-state index in [1.807, 2.05) is 26.0 Å². The number of carbonyl (C=O) groups excluding carboxylic acids is 1. The van der Waals surface area contributed by atoms with Crippen molar-refractivity contribution >= 4 is 26.9 Å². The number of aromatic hydroxyl groups is 2. The Morgan fingerprint density at radius 3 is 1.84 bits per heavy atom. The first kappa shape index (κ1) is 37.6. The number of nitrogens with one attached hydrogen (secondary N) is 2. The van der Waals surface area contributed by atoms with Gasteiger partial charge in [-0.05, 0) is 60.1 Å². The van der Waals surface area contributed by atoms with E-state index in [4.69, 9.17) is 0 Å². The molecule has 204 valence electrons. The number of carbonyl (C=O) groups is 1. The third kappa shape index (κ3) is 9.31. The summed E-state index contributed by atoms with van der Waals surface area (Å²) >= 11 is 0. The summed E-state index contributed by atoms with van der Waals surface area (Å²) in [5.74, 6) is -0.00254. The number of amides is 2. The maximum absolute atomic E-state index is 12.3. The van der Waals surface area contributed by atoms with Gasteiger partial charge < -0.3 is 48.4 Å². The van der Waals surface area contributed by atoms with Gasteiger partial charge in [0.2, 0.25) is 0 Å². The van der Waals surface area contributed by atoms with E-state index < -0.39 is 39.3 Å². The molecule has 0 aliphatic heterocycles. The molecule has 0 saturated carbocycles. The van der Waals surface area contributed by atoms with Crippen LogP contribution in [0.4, 0.5) is 10.5 Å². The number of benzene rings is 2. The van der Waals surface area contributed by atoms with Crippen molar-refractivity contribution in [2.75, 3.05) is 11.9 Å². The average Bonchev–Trinajstić information content (AvgIpc) is 2.78. The molecular formula is C22H34N2Na2O10P2. The van der Waals surface area contributed by atoms with E-state index in [9.17, 15) is 48.8 Å². The van der Waals surface area contributed by atoms with Crippen LogP contribution in [0, 0.1) is 0 Å². The van der Waals surface area contributed by atoms with Crippen LogP contribution >= 0.6 is 15.2 Å². The molecule has 2 amide bonds. The molecule has 0 radical (unpaired) electrons. The second kappa shape index (κ2) is 15.5. The van der Waals surface area contributed by atoms with Crippen molar-refractivity contribution in [2.24, 2.45) is 0 Å². The monoisotopic (exact) mass is 594 g/mol. The second-order valence-corrected chi connectivity index (χ2v) is 12.4. The molecule has 2 atom stereocenters. The summed E-state index contributed by atoms with van der Waals surface area (Å²) < 4.78 is 22.8. The van der Waals surface area contributed by atoms with E-state index >= 15 is 0 Å². The number of aliphatic hydroxyl groups is 1. The number of anilines is 1. The van der Waals surface area contributed by atoms with E-state index in [0.717, 1.165) is 24.0 Å². The quantitative estimate of drug-likeness (QED) is 0.0759. The number of hydrogen-bond acceptors (Lipinski definition) is 6. The van der Waals surface area contributed by atoms with Gasteiger partial charge in [-0.1, -0.05) is 32.0 Å². The zero-order chi connectivity index (χ0) is 27.3. The van der Waals surface area contributed by atoms with Gasteiger partial charge in [-0.25, -0.2) is 4.79 Å². The van der Waals surface area contributed by atoms with E-state index in [0.29, 0.717) is 0 Å². The molecule has 2 rings (SSSR count). The molecule has 9 N–H and O–H groups in total. The van der Waals surface area contributed by atoms with E-state index in [1.54, 1.807) is 24.3 Å². The molecule has 0 aromatic heterocycles. The fourth-order valence-electron chi connectivity index (χ4n) is 4.08. The summed E-state index contributed by atoms with van der Waals surface area (Å²) in [6.45, 7) is 3.35. The molecule has 2 aromatic rings. The molecule has 2 unspecified atom stereocenters. The van der Waals surface area contributed by atoms with Crippen molar-refractivity contribution in [3.8, 4) is 11.5 Å². The summed E-state index contributed by atoms with van der Waals surface area (Å²) in [6, 6.07) is 10.7. The van der Waals surface area contributed by atoms with Gasteiger partial charge in [-0.2, -0.15) is 0 Å². The molecule has 38 heavy (non-hydrogen) atoms. The molecule has 16 heteroatoms. The molecule has 0 saturated heterocycles. The van der Waals surface area contributed by atoms with E-state index in [2.05, 4.69) is 10.6 Å². The van der Waals surface area contributed by atoms with Gasteiger partial charge in [0.1, 0.15) is 11.5 Å². The molecule has 12 nitrogen and oxygen atoms in total. The predicted octanol–water partition coefficient (Wildman–Crippen LogP) is -2.47. The number of phenols is 2. The largest absolute Gasteiger partial charge is 1.00 e. The first-order valence-electron chi connectivity index (χ1n) is 11.1. The second-order valence-electron chi connectivity index (χ2n) is 8.39. The molecule has 2 aromatic carbocycles. The SMILES string of the molecule is CCC(c1ccc(O)cc1)C(CC)c1ccc(O)c(NC(=O)NCCC(O)(P(=O)(O)O)P(=O)(O)O)c1.[H-].[H-].[Na+].[Na+]. The minimum absolute atomic E-state index is 0. The minimum Gasteiger partial charge on any atom is -1.00 e. The van der Waals surface area contributed by atoms with Crippen LogP contribution in [0.25, 0.3) is 0 Å². The Labute approximate surface area is 268 Å². The molecule has 0 aliphatic rings. The van der Waals surface area contributed by atoms with Gasteiger partial charge in [0, 0.05) is 13.0 Å². The van der Waals surface area contributed by atoms with Crippen LogP contribution in [0.15, 0.2) is 42.5 Å². The van der Waals surface area contributed by atoms with Crippen LogP contribution in [0.1, 0.15) is 58.9 Å². The average molecular weight is 594 g/mol. The van der Waals surface area contributed by atoms with Gasteiger partial charge in [0.15, 0.2) is 0 Å². The fourth-order valence-corrected chi connectivity index (χ4v) is 6.25. The Morgan fingerprint density at radius 1 is 0.895 bits per heavy atom. The first-order valence-corrected chi connectivity index (χ1v) is 14.4. The Kier molecular flexibility index (Phi) is 15.4. The first-order chi connectivity index (χ1) is 16.6. The number of rotatable bonds is 11. The summed E-state index contributed by atoms with van der Waals surface area (Å²) in [5, 5.41) is 30.6. The molecule has 0 fully saturated rings. The molecule has 0 bridgehead atoms. The molecule has 0 spiro atoms. The third-order valence-electron chi connectivity index (χ3n) is 6.06. The number of phenolic OH excluding ortho intramolecular Hbond substituents is 2. The van der Waals surface area contributed by atoms with Crippen LogP contribution in [-0.4, -0.2) is 52.6 Å². The van der Waals surface area contributed by atoms with Crippen LogP contribution in [-0.2, 0) is 9.13 Å². The van der Waals surface area contributed by atoms with Crippen molar-refractivity contribution in [2.45, 2.75) is 50.0 Å². The Morgan fingerprint density at radius 2 is 1.37 bits per heavy atom. The fraction of sp³-hybridized carbons (Fsp3) is 0.409. The smallest absolute Gasteiger partial charge is 1.00 e. The zero-order valence-electron chi connectivity index (χ0n) is 23.8. The number of hydrogen-bond donors (Lipinski definition) is 9. The molecule has 0 heterocycles. The topological polar surface area (TPSA) is 217 Å². The standard InChI is InChI=1S/C22H32N2O10P2.2Na.2H/c1-3-17(14-5-8-16(25)9-6-14)18(4-2)15-7-10-20(26)19(13-15)24-21(27)23-12-11-22(28,35(29,30)31)36(32,33)34;;;;/h5-10,13,17-18,25-26,28H,3-4,11-12H2,1-2H3,(H2,23,24,27)(H2,29,30,31)(H2,32,33,34);;;;/q;2*+1;2*-1. The Bertz CT molecular complexity index is 1150. The normalized spacial score (nSPS) is 13.4. The third-order valence-corrected chi connectivity index (χ3v) is 9.94. The maximum atomic E-state index is 12.3. The van der Waals surface area contributed by atoms with Crippen molar-refractivity contribution in [1.29, 1.82) is 0 Å². The summed E-state index contributed by atoms with van der Waals surface area (Å²) in [5.41, 5.74) is 1.89. The molecule has 0 aliphatic carbocycles. The van der Waals surface area contributed by atoms with Gasteiger partial charge >= 0.3 is 80.3 Å².